The van der Waals surface area contributed by atoms with Crippen LogP contribution in [0.25, 0.3) is 22.4 Å². The molecular formula is C20H13Cl2N3O7. The minimum absolute atomic E-state index is 0.0264. The van der Waals surface area contributed by atoms with Gasteiger partial charge in [0.1, 0.15) is 5.52 Å². The number of hydrogen-bond donors (Lipinski definition) is 4. The van der Waals surface area contributed by atoms with E-state index in [0.29, 0.717) is 10.5 Å². The van der Waals surface area contributed by atoms with Crippen LogP contribution in [0.3, 0.4) is 0 Å². The average molecular weight is 478 g/mol. The molecule has 0 atom stereocenters. The maximum absolute atomic E-state index is 12.0. The molecule has 0 amide bonds. The van der Waals surface area contributed by atoms with Crippen molar-refractivity contribution in [2.75, 3.05) is 5.73 Å². The Morgan fingerprint density at radius 1 is 1.03 bits per heavy atom. The predicted molar refractivity (Wildman–Crippen MR) is 118 cm³/mol. The number of nitrogens with zero attached hydrogens (tertiary/aromatic N) is 2. The van der Waals surface area contributed by atoms with Crippen LogP contribution in [0.15, 0.2) is 57.7 Å². The standard InChI is InChI=1S/C14H8N2O6.C6H5Cl2NO/c17-10-6-7(5-9(13(10)18)16(20)21)12-14(19)22-11-4-2-1-3-8(11)15-12;7-3-1-4(8)6(10)5(9)2-3/h1-6,17-18H;1-2,10H,9H2. The summed E-state index contributed by atoms with van der Waals surface area (Å²) in [6.07, 6.45) is 0. The first kappa shape index (κ1) is 22.7. The highest BCUT2D eigenvalue weighted by molar-refractivity contribution is 6.36. The van der Waals surface area contributed by atoms with Crippen molar-refractivity contribution in [1.82, 2.24) is 4.98 Å². The Balaban J connectivity index is 0.000000243. The number of rotatable bonds is 2. The summed E-state index contributed by atoms with van der Waals surface area (Å²) in [7, 11) is 0. The second kappa shape index (κ2) is 9.00. The number of fused-ring (bicyclic) bond motifs is 1. The van der Waals surface area contributed by atoms with Gasteiger partial charge in [-0.2, -0.15) is 0 Å². The molecule has 164 valence electrons. The van der Waals surface area contributed by atoms with Gasteiger partial charge in [-0.1, -0.05) is 35.3 Å². The van der Waals surface area contributed by atoms with Gasteiger partial charge in [0, 0.05) is 16.7 Å². The zero-order valence-electron chi connectivity index (χ0n) is 15.8. The predicted octanol–water partition coefficient (Wildman–Crippen LogP) is 4.46. The third kappa shape index (κ3) is 4.66. The summed E-state index contributed by atoms with van der Waals surface area (Å²) in [5.74, 6) is -1.72. The smallest absolute Gasteiger partial charge is 0.363 e. The van der Waals surface area contributed by atoms with Gasteiger partial charge >= 0.3 is 11.3 Å². The summed E-state index contributed by atoms with van der Waals surface area (Å²) in [6, 6.07) is 11.3. The van der Waals surface area contributed by atoms with E-state index >= 15 is 0 Å². The minimum Gasteiger partial charge on any atom is -0.504 e. The molecule has 10 nitrogen and oxygen atoms in total. The molecule has 3 aromatic carbocycles. The van der Waals surface area contributed by atoms with Gasteiger partial charge in [0.15, 0.2) is 22.8 Å². The zero-order chi connectivity index (χ0) is 23.6. The SMILES string of the molecule is Nc1cc(Cl)cc(Cl)c1O.O=c1oc2ccccc2nc1-c1cc(O)c(O)c([N+](=O)[O-])c1. The van der Waals surface area contributed by atoms with Crippen LogP contribution in [0.5, 0.6) is 17.2 Å². The molecule has 0 aliphatic carbocycles. The molecule has 32 heavy (non-hydrogen) atoms. The molecule has 0 saturated carbocycles. The average Bonchev–Trinajstić information content (AvgIpc) is 2.73. The van der Waals surface area contributed by atoms with E-state index in [2.05, 4.69) is 4.98 Å². The summed E-state index contributed by atoms with van der Waals surface area (Å²) < 4.78 is 5.09. The van der Waals surface area contributed by atoms with Crippen LogP contribution in [0.4, 0.5) is 11.4 Å². The number of aromatic hydroxyl groups is 3. The molecule has 5 N–H and O–H groups in total. The van der Waals surface area contributed by atoms with E-state index in [1.54, 1.807) is 24.3 Å². The van der Waals surface area contributed by atoms with Gasteiger partial charge in [0.25, 0.3) is 0 Å². The van der Waals surface area contributed by atoms with E-state index in [4.69, 9.17) is 38.5 Å². The molecule has 4 rings (SSSR count). The molecule has 0 spiro atoms. The number of nitro benzene ring substituents is 1. The van der Waals surface area contributed by atoms with Crippen LogP contribution in [0.2, 0.25) is 10.0 Å². The van der Waals surface area contributed by atoms with Crippen molar-refractivity contribution in [2.45, 2.75) is 0 Å². The number of para-hydroxylation sites is 2. The first-order chi connectivity index (χ1) is 15.1. The van der Waals surface area contributed by atoms with Crippen LogP contribution in [0.1, 0.15) is 0 Å². The van der Waals surface area contributed by atoms with Crippen LogP contribution < -0.4 is 11.4 Å². The maximum Gasteiger partial charge on any atom is 0.363 e. The number of aromatic nitrogens is 1. The molecule has 0 unspecified atom stereocenters. The largest absolute Gasteiger partial charge is 0.504 e. The topological polar surface area (TPSA) is 173 Å². The van der Waals surface area contributed by atoms with E-state index < -0.39 is 27.7 Å². The molecule has 0 fully saturated rings. The van der Waals surface area contributed by atoms with Gasteiger partial charge in [0.05, 0.1) is 15.6 Å². The van der Waals surface area contributed by atoms with Crippen LogP contribution >= 0.6 is 23.2 Å². The number of anilines is 1. The van der Waals surface area contributed by atoms with Crippen LogP contribution in [-0.4, -0.2) is 25.2 Å². The third-order valence-electron chi connectivity index (χ3n) is 4.09. The van der Waals surface area contributed by atoms with Crippen molar-refractivity contribution in [1.29, 1.82) is 0 Å². The van der Waals surface area contributed by atoms with Crippen molar-refractivity contribution in [2.24, 2.45) is 0 Å². The second-order valence-electron chi connectivity index (χ2n) is 6.26. The Bertz CT molecular complexity index is 1380. The van der Waals surface area contributed by atoms with Crippen molar-refractivity contribution in [3.63, 3.8) is 0 Å². The quantitative estimate of drug-likeness (QED) is 0.140. The number of benzene rings is 3. The number of hydrogen-bond acceptors (Lipinski definition) is 9. The molecule has 0 bridgehead atoms. The van der Waals surface area contributed by atoms with Gasteiger partial charge in [-0.05, 0) is 30.3 Å². The summed E-state index contributed by atoms with van der Waals surface area (Å²) in [4.78, 5) is 26.1. The Hall–Kier alpha value is -4.02. The summed E-state index contributed by atoms with van der Waals surface area (Å²) >= 11 is 11.1. The second-order valence-corrected chi connectivity index (χ2v) is 7.11. The van der Waals surface area contributed by atoms with Gasteiger partial charge in [-0.25, -0.2) is 9.78 Å². The molecular weight excluding hydrogens is 465 g/mol. The lowest BCUT2D eigenvalue weighted by atomic mass is 10.1. The molecule has 12 heteroatoms. The molecule has 0 aliphatic heterocycles. The number of nitrogens with two attached hydrogens (primary N) is 1. The number of phenolic OH excluding ortho intramolecular Hbond substituents is 3. The fraction of sp³-hybridized carbons (Fsp3) is 0. The fourth-order valence-electron chi connectivity index (χ4n) is 2.60. The first-order valence-electron chi connectivity index (χ1n) is 8.62. The van der Waals surface area contributed by atoms with Crippen molar-refractivity contribution < 1.29 is 24.7 Å². The maximum atomic E-state index is 12.0. The lowest BCUT2D eigenvalue weighted by molar-refractivity contribution is -0.385. The van der Waals surface area contributed by atoms with Gasteiger partial charge < -0.3 is 25.5 Å². The highest BCUT2D eigenvalue weighted by atomic mass is 35.5. The van der Waals surface area contributed by atoms with Crippen molar-refractivity contribution >= 4 is 45.7 Å². The number of nitro groups is 1. The van der Waals surface area contributed by atoms with E-state index in [-0.39, 0.29) is 33.3 Å². The monoisotopic (exact) mass is 477 g/mol. The summed E-state index contributed by atoms with van der Waals surface area (Å²) in [5, 5.41) is 39.5. The summed E-state index contributed by atoms with van der Waals surface area (Å²) in [5.41, 5.74) is 4.39. The Kier molecular flexibility index (Phi) is 6.37. The lowest BCUT2D eigenvalue weighted by Gasteiger charge is -2.04. The number of halogens is 2. The first-order valence-corrected chi connectivity index (χ1v) is 9.38. The minimum atomic E-state index is -0.876. The van der Waals surface area contributed by atoms with Crippen molar-refractivity contribution in [3.8, 4) is 28.5 Å². The molecule has 0 radical (unpaired) electrons. The van der Waals surface area contributed by atoms with Gasteiger partial charge in [0.2, 0.25) is 5.75 Å². The van der Waals surface area contributed by atoms with Crippen molar-refractivity contribution in [3.05, 3.63) is 79.1 Å². The Labute approximate surface area is 188 Å². The van der Waals surface area contributed by atoms with Crippen LogP contribution in [0, 0.1) is 10.1 Å². The Morgan fingerprint density at radius 3 is 2.38 bits per heavy atom. The highest BCUT2D eigenvalue weighted by Gasteiger charge is 2.21. The third-order valence-corrected chi connectivity index (χ3v) is 4.60. The van der Waals surface area contributed by atoms with Crippen LogP contribution in [-0.2, 0) is 0 Å². The molecule has 1 aromatic heterocycles. The van der Waals surface area contributed by atoms with E-state index in [0.717, 1.165) is 12.1 Å². The number of phenols is 3. The molecule has 0 aliphatic rings. The van der Waals surface area contributed by atoms with Gasteiger partial charge in [-0.15, -0.1) is 0 Å². The van der Waals surface area contributed by atoms with E-state index in [9.17, 15) is 25.1 Å². The highest BCUT2D eigenvalue weighted by Crippen LogP contribution is 2.38. The Morgan fingerprint density at radius 2 is 1.72 bits per heavy atom. The van der Waals surface area contributed by atoms with E-state index in [1.807, 2.05) is 0 Å². The lowest BCUT2D eigenvalue weighted by Crippen LogP contribution is -2.06. The normalized spacial score (nSPS) is 10.4. The number of nitrogen functional groups attached to an aromatic ring is 1. The van der Waals surface area contributed by atoms with Gasteiger partial charge in [-0.3, -0.25) is 10.1 Å². The summed E-state index contributed by atoms with van der Waals surface area (Å²) in [6.45, 7) is 0. The zero-order valence-corrected chi connectivity index (χ0v) is 17.3. The molecule has 1 heterocycles. The van der Waals surface area contributed by atoms with E-state index in [1.165, 1.54) is 12.1 Å². The fourth-order valence-corrected chi connectivity index (χ4v) is 3.11. The molecule has 4 aromatic rings. The molecule has 0 saturated heterocycles.